The second kappa shape index (κ2) is 6.77. The van der Waals surface area contributed by atoms with Crippen molar-refractivity contribution in [2.24, 2.45) is 0 Å². The molecule has 0 bridgehead atoms. The Morgan fingerprint density at radius 3 is 2.87 bits per heavy atom. The Morgan fingerprint density at radius 1 is 1.30 bits per heavy atom. The van der Waals surface area contributed by atoms with Gasteiger partial charge in [-0.05, 0) is 47.0 Å². The first-order valence-electron chi connectivity index (χ1n) is 7.04. The quantitative estimate of drug-likeness (QED) is 0.543. The van der Waals surface area contributed by atoms with Crippen LogP contribution in [0.25, 0.3) is 5.57 Å². The molecule has 23 heavy (non-hydrogen) atoms. The lowest BCUT2D eigenvalue weighted by molar-refractivity contribution is 0.0600. The molecule has 0 N–H and O–H groups in total. The lowest BCUT2D eigenvalue weighted by atomic mass is 9.93. The number of carbonyl (C=O) groups excluding carboxylic acids is 1. The lowest BCUT2D eigenvalue weighted by Crippen LogP contribution is -2.02. The predicted molar refractivity (Wildman–Crippen MR) is 94.1 cm³/mol. The van der Waals surface area contributed by atoms with E-state index >= 15 is 0 Å². The SMILES string of the molecule is COC(=O)c1ccc2c(c1)C(=CCCl)c1cc(Br)ccc1CO2. The van der Waals surface area contributed by atoms with Gasteiger partial charge in [0.25, 0.3) is 0 Å². The molecule has 3 nitrogen and oxygen atoms in total. The molecule has 0 amide bonds. The third-order valence-electron chi connectivity index (χ3n) is 3.72. The first-order chi connectivity index (χ1) is 11.1. The van der Waals surface area contributed by atoms with Gasteiger partial charge in [0.2, 0.25) is 0 Å². The van der Waals surface area contributed by atoms with Crippen molar-refractivity contribution in [3.8, 4) is 5.75 Å². The molecule has 0 aliphatic carbocycles. The highest BCUT2D eigenvalue weighted by atomic mass is 79.9. The molecule has 2 aromatic rings. The van der Waals surface area contributed by atoms with Gasteiger partial charge in [-0.1, -0.05) is 28.1 Å². The summed E-state index contributed by atoms with van der Waals surface area (Å²) in [4.78, 5) is 11.8. The summed E-state index contributed by atoms with van der Waals surface area (Å²) in [5.41, 5.74) is 4.38. The van der Waals surface area contributed by atoms with Gasteiger partial charge < -0.3 is 9.47 Å². The van der Waals surface area contributed by atoms with Crippen molar-refractivity contribution in [3.63, 3.8) is 0 Å². The minimum absolute atomic E-state index is 0.364. The van der Waals surface area contributed by atoms with Gasteiger partial charge in [-0.3, -0.25) is 0 Å². The standard InChI is InChI=1S/C18H14BrClO3/c1-22-18(21)11-3-5-17-16(8-11)14(6-7-20)15-9-13(19)4-2-12(15)10-23-17/h2-6,8-9H,7,10H2,1H3. The zero-order chi connectivity index (χ0) is 16.4. The number of ether oxygens (including phenoxy) is 2. The van der Waals surface area contributed by atoms with Crippen LogP contribution in [-0.2, 0) is 11.3 Å². The van der Waals surface area contributed by atoms with E-state index in [1.807, 2.05) is 24.3 Å². The second-order valence-corrected chi connectivity index (χ2v) is 6.29. The molecule has 0 saturated carbocycles. The van der Waals surface area contributed by atoms with Gasteiger partial charge in [-0.25, -0.2) is 4.79 Å². The van der Waals surface area contributed by atoms with E-state index in [1.54, 1.807) is 18.2 Å². The maximum Gasteiger partial charge on any atom is 0.337 e. The fraction of sp³-hybridized carbons (Fsp3) is 0.167. The third-order valence-corrected chi connectivity index (χ3v) is 4.36. The van der Waals surface area contributed by atoms with Gasteiger partial charge in [0.05, 0.1) is 12.7 Å². The molecule has 1 aliphatic rings. The van der Waals surface area contributed by atoms with E-state index in [0.717, 1.165) is 32.5 Å². The molecule has 0 fully saturated rings. The highest BCUT2D eigenvalue weighted by molar-refractivity contribution is 9.10. The highest BCUT2D eigenvalue weighted by Crippen LogP contribution is 2.38. The van der Waals surface area contributed by atoms with Crippen LogP contribution in [0.2, 0.25) is 0 Å². The third kappa shape index (κ3) is 3.14. The number of hydrogen-bond acceptors (Lipinski definition) is 3. The van der Waals surface area contributed by atoms with E-state index in [0.29, 0.717) is 18.1 Å². The Kier molecular flexibility index (Phi) is 4.74. The number of halogens is 2. The van der Waals surface area contributed by atoms with Crippen LogP contribution < -0.4 is 4.74 Å². The van der Waals surface area contributed by atoms with E-state index < -0.39 is 0 Å². The number of esters is 1. The van der Waals surface area contributed by atoms with Gasteiger partial charge in [0.1, 0.15) is 12.4 Å². The number of allylic oxidation sites excluding steroid dienone is 1. The van der Waals surface area contributed by atoms with Crippen LogP contribution in [0.3, 0.4) is 0 Å². The summed E-state index contributed by atoms with van der Waals surface area (Å²) in [6.07, 6.45) is 1.93. The number of fused-ring (bicyclic) bond motifs is 2. The topological polar surface area (TPSA) is 35.5 Å². The van der Waals surface area contributed by atoms with E-state index in [2.05, 4.69) is 15.9 Å². The van der Waals surface area contributed by atoms with Crippen LogP contribution in [-0.4, -0.2) is 19.0 Å². The zero-order valence-electron chi connectivity index (χ0n) is 12.4. The largest absolute Gasteiger partial charge is 0.488 e. The van der Waals surface area contributed by atoms with Crippen LogP contribution in [0.4, 0.5) is 0 Å². The fourth-order valence-electron chi connectivity index (χ4n) is 2.63. The molecule has 0 aromatic heterocycles. The summed E-state index contributed by atoms with van der Waals surface area (Å²) in [5.74, 6) is 0.710. The number of hydrogen-bond donors (Lipinski definition) is 0. The summed E-state index contributed by atoms with van der Waals surface area (Å²) in [7, 11) is 1.37. The lowest BCUT2D eigenvalue weighted by Gasteiger charge is -2.12. The Bertz CT molecular complexity index is 799. The van der Waals surface area contributed by atoms with Gasteiger partial charge in [0, 0.05) is 15.9 Å². The second-order valence-electron chi connectivity index (χ2n) is 5.06. The Hall–Kier alpha value is -1.78. The molecule has 0 atom stereocenters. The van der Waals surface area contributed by atoms with Gasteiger partial charge in [-0.15, -0.1) is 11.6 Å². The van der Waals surface area contributed by atoms with Crippen molar-refractivity contribution in [1.29, 1.82) is 0 Å². The van der Waals surface area contributed by atoms with Crippen LogP contribution in [0.1, 0.15) is 27.0 Å². The molecule has 0 saturated heterocycles. The maximum absolute atomic E-state index is 11.8. The van der Waals surface area contributed by atoms with Crippen LogP contribution >= 0.6 is 27.5 Å². The van der Waals surface area contributed by atoms with E-state index in [1.165, 1.54) is 7.11 Å². The molecule has 5 heteroatoms. The molecule has 3 rings (SSSR count). The van der Waals surface area contributed by atoms with Crippen molar-refractivity contribution in [1.82, 2.24) is 0 Å². The van der Waals surface area contributed by atoms with Crippen molar-refractivity contribution >= 4 is 39.1 Å². The molecule has 0 unspecified atom stereocenters. The van der Waals surface area contributed by atoms with E-state index in [-0.39, 0.29) is 5.97 Å². The summed E-state index contributed by atoms with van der Waals surface area (Å²) in [6, 6.07) is 11.3. The molecule has 2 aromatic carbocycles. The number of methoxy groups -OCH3 is 1. The first-order valence-corrected chi connectivity index (χ1v) is 8.37. The summed E-state index contributed by atoms with van der Waals surface area (Å²) in [5, 5.41) is 0. The van der Waals surface area contributed by atoms with Gasteiger partial charge in [0.15, 0.2) is 0 Å². The number of alkyl halides is 1. The summed E-state index contributed by atoms with van der Waals surface area (Å²) < 4.78 is 11.7. The summed E-state index contributed by atoms with van der Waals surface area (Å²) >= 11 is 9.48. The Morgan fingerprint density at radius 2 is 2.13 bits per heavy atom. The van der Waals surface area contributed by atoms with Crippen molar-refractivity contribution in [2.75, 3.05) is 13.0 Å². The molecule has 0 spiro atoms. The van der Waals surface area contributed by atoms with Crippen molar-refractivity contribution in [3.05, 3.63) is 69.2 Å². The van der Waals surface area contributed by atoms with Crippen LogP contribution in [0, 0.1) is 0 Å². The number of rotatable bonds is 2. The molecule has 0 radical (unpaired) electrons. The molecule has 118 valence electrons. The smallest absolute Gasteiger partial charge is 0.337 e. The Labute approximate surface area is 148 Å². The minimum Gasteiger partial charge on any atom is -0.488 e. The van der Waals surface area contributed by atoms with Crippen molar-refractivity contribution < 1.29 is 14.3 Å². The van der Waals surface area contributed by atoms with E-state index in [4.69, 9.17) is 21.1 Å². The van der Waals surface area contributed by atoms with E-state index in [9.17, 15) is 4.79 Å². The molecule has 1 aliphatic heterocycles. The van der Waals surface area contributed by atoms with Gasteiger partial charge in [-0.2, -0.15) is 0 Å². The normalized spacial score (nSPS) is 14.5. The first kappa shape index (κ1) is 16.1. The van der Waals surface area contributed by atoms with Gasteiger partial charge >= 0.3 is 5.97 Å². The predicted octanol–water partition coefficient (Wildman–Crippen LogP) is 4.80. The molecular formula is C18H14BrClO3. The Balaban J connectivity index is 2.22. The van der Waals surface area contributed by atoms with Crippen LogP contribution in [0.15, 0.2) is 46.9 Å². The highest BCUT2D eigenvalue weighted by Gasteiger charge is 2.21. The number of benzene rings is 2. The molecule has 1 heterocycles. The number of carbonyl (C=O) groups is 1. The maximum atomic E-state index is 11.8. The fourth-order valence-corrected chi connectivity index (χ4v) is 3.15. The zero-order valence-corrected chi connectivity index (χ0v) is 14.8. The summed E-state index contributed by atoms with van der Waals surface area (Å²) in [6.45, 7) is 0.465. The van der Waals surface area contributed by atoms with Crippen LogP contribution in [0.5, 0.6) is 5.75 Å². The van der Waals surface area contributed by atoms with Crippen molar-refractivity contribution in [2.45, 2.75) is 6.61 Å². The monoisotopic (exact) mass is 392 g/mol. The molecular weight excluding hydrogens is 380 g/mol. The minimum atomic E-state index is -0.378. The average Bonchev–Trinajstić information content (AvgIpc) is 2.71. The average molecular weight is 394 g/mol.